The van der Waals surface area contributed by atoms with Crippen LogP contribution in [0.4, 0.5) is 0 Å². The van der Waals surface area contributed by atoms with Crippen LogP contribution in [0.1, 0.15) is 91.4 Å². The first-order chi connectivity index (χ1) is 24.8. The lowest BCUT2D eigenvalue weighted by Gasteiger charge is -2.09. The largest absolute Gasteiger partial charge is 0.379 e. The van der Waals surface area contributed by atoms with Crippen molar-refractivity contribution >= 4 is 0 Å². The Labute approximate surface area is 306 Å². The molecule has 0 N–H and O–H groups in total. The molecule has 0 amide bonds. The van der Waals surface area contributed by atoms with Crippen LogP contribution in [0.2, 0.25) is 0 Å². The molecule has 302 valence electrons. The number of hydrogen-bond donors (Lipinski definition) is 0. The average Bonchev–Trinajstić information content (AvgIpc) is 3.11. The van der Waals surface area contributed by atoms with Gasteiger partial charge < -0.3 is 56.8 Å². The van der Waals surface area contributed by atoms with Gasteiger partial charge in [-0.2, -0.15) is 0 Å². The van der Waals surface area contributed by atoms with Gasteiger partial charge in [0.15, 0.2) is 0 Å². The zero-order valence-corrected chi connectivity index (χ0v) is 32.5. The van der Waals surface area contributed by atoms with Gasteiger partial charge in [-0.05, 0) is 20.3 Å². The van der Waals surface area contributed by atoms with Crippen LogP contribution >= 0.6 is 0 Å². The summed E-state index contributed by atoms with van der Waals surface area (Å²) in [5.41, 5.74) is 0. The number of unbranched alkanes of at least 4 members (excludes halogenated alkanes) is 10. The van der Waals surface area contributed by atoms with E-state index in [1.807, 2.05) is 13.8 Å². The normalized spacial score (nSPS) is 11.8. The molecule has 0 aromatic carbocycles. The fourth-order valence-corrected chi connectivity index (χ4v) is 4.51. The Morgan fingerprint density at radius 2 is 0.440 bits per heavy atom. The molecule has 0 rings (SSSR count). The molecule has 0 aliphatic carbocycles. The summed E-state index contributed by atoms with van der Waals surface area (Å²) in [6.45, 7) is 19.2. The highest BCUT2D eigenvalue weighted by Gasteiger charge is 1.98. The zero-order valence-electron chi connectivity index (χ0n) is 32.5. The number of hydrogen-bond acceptors (Lipinski definition) is 12. The fraction of sp³-hybridized carbons (Fsp3) is 1.00. The van der Waals surface area contributed by atoms with Crippen molar-refractivity contribution in [1.29, 1.82) is 0 Å². The van der Waals surface area contributed by atoms with Crippen molar-refractivity contribution in [2.75, 3.05) is 152 Å². The third-order valence-electron chi connectivity index (χ3n) is 7.29. The molecule has 12 heteroatoms. The topological polar surface area (TPSA) is 111 Å². The molecule has 0 saturated heterocycles. The van der Waals surface area contributed by atoms with Crippen molar-refractivity contribution < 1.29 is 56.8 Å². The molecule has 0 atom stereocenters. The highest BCUT2D eigenvalue weighted by atomic mass is 16.6. The van der Waals surface area contributed by atoms with Crippen LogP contribution in [-0.2, 0) is 56.8 Å². The molecule has 0 unspecified atom stereocenters. The van der Waals surface area contributed by atoms with Crippen LogP contribution in [0.3, 0.4) is 0 Å². The van der Waals surface area contributed by atoms with Gasteiger partial charge in [0, 0.05) is 6.61 Å². The van der Waals surface area contributed by atoms with Crippen LogP contribution in [0, 0.1) is 0 Å². The molecule has 0 saturated carbocycles. The quantitative estimate of drug-likeness (QED) is 0.0697. The van der Waals surface area contributed by atoms with Crippen LogP contribution < -0.4 is 0 Å². The third-order valence-corrected chi connectivity index (χ3v) is 7.29. The van der Waals surface area contributed by atoms with E-state index in [9.17, 15) is 0 Å². The maximum atomic E-state index is 5.66. The Morgan fingerprint density at radius 1 is 0.240 bits per heavy atom. The highest BCUT2D eigenvalue weighted by molar-refractivity contribution is 4.48. The second kappa shape index (κ2) is 46.5. The summed E-state index contributed by atoms with van der Waals surface area (Å²) in [5.74, 6) is 0. The summed E-state index contributed by atoms with van der Waals surface area (Å²) < 4.78 is 66.0. The van der Waals surface area contributed by atoms with Gasteiger partial charge in [0.05, 0.1) is 151 Å². The fourth-order valence-electron chi connectivity index (χ4n) is 4.51. The molecule has 0 aliphatic rings. The maximum Gasteiger partial charge on any atom is 0.0703 e. The van der Waals surface area contributed by atoms with E-state index in [4.69, 9.17) is 56.8 Å². The lowest BCUT2D eigenvalue weighted by atomic mass is 10.1. The SMILES string of the molecule is CCCCCCCCCCCCCOCCOCCOCCOCCOCCOCCOCCOCCOCCOCCOCCOC(C)C. The smallest absolute Gasteiger partial charge is 0.0703 e. The summed E-state index contributed by atoms with van der Waals surface area (Å²) in [6.07, 6.45) is 15.1. The molecule has 0 aliphatic heterocycles. The molecule has 0 bridgehead atoms. The summed E-state index contributed by atoms with van der Waals surface area (Å²) >= 11 is 0. The van der Waals surface area contributed by atoms with Gasteiger partial charge in [-0.3, -0.25) is 0 Å². The van der Waals surface area contributed by atoms with E-state index in [1.54, 1.807) is 0 Å². The first kappa shape index (κ1) is 49.5. The Balaban J connectivity index is 3.05. The Kier molecular flexibility index (Phi) is 46.1. The second-order valence-corrected chi connectivity index (χ2v) is 12.2. The lowest BCUT2D eigenvalue weighted by molar-refractivity contribution is -0.0293. The van der Waals surface area contributed by atoms with Crippen LogP contribution in [-0.4, -0.2) is 158 Å². The van der Waals surface area contributed by atoms with Crippen LogP contribution in [0.25, 0.3) is 0 Å². The summed E-state index contributed by atoms with van der Waals surface area (Å²) in [4.78, 5) is 0. The van der Waals surface area contributed by atoms with E-state index in [0.717, 1.165) is 13.0 Å². The molecule has 50 heavy (non-hydrogen) atoms. The molecular weight excluding hydrogens is 648 g/mol. The third kappa shape index (κ3) is 47.5. The van der Waals surface area contributed by atoms with Gasteiger partial charge in [0.25, 0.3) is 0 Å². The summed E-state index contributed by atoms with van der Waals surface area (Å²) in [5, 5.41) is 0. The molecule has 0 spiro atoms. The maximum absolute atomic E-state index is 5.66. The first-order valence-corrected chi connectivity index (χ1v) is 19.7. The number of rotatable bonds is 46. The van der Waals surface area contributed by atoms with E-state index in [2.05, 4.69) is 6.92 Å². The van der Waals surface area contributed by atoms with Gasteiger partial charge in [-0.15, -0.1) is 0 Å². The zero-order chi connectivity index (χ0) is 36.1. The monoisotopic (exact) mass is 727 g/mol. The number of ether oxygens (including phenoxy) is 12. The second-order valence-electron chi connectivity index (χ2n) is 12.2. The van der Waals surface area contributed by atoms with E-state index in [-0.39, 0.29) is 6.10 Å². The summed E-state index contributed by atoms with van der Waals surface area (Å²) in [6, 6.07) is 0. The highest BCUT2D eigenvalue weighted by Crippen LogP contribution is 2.11. The van der Waals surface area contributed by atoms with Crippen molar-refractivity contribution in [3.63, 3.8) is 0 Å². The predicted molar refractivity (Wildman–Crippen MR) is 197 cm³/mol. The van der Waals surface area contributed by atoms with E-state index in [0.29, 0.717) is 145 Å². The van der Waals surface area contributed by atoms with Gasteiger partial charge in [0.1, 0.15) is 0 Å². The molecular formula is C38H78O12. The van der Waals surface area contributed by atoms with Gasteiger partial charge in [-0.25, -0.2) is 0 Å². The molecule has 12 nitrogen and oxygen atoms in total. The Morgan fingerprint density at radius 3 is 0.680 bits per heavy atom. The standard InChI is InChI=1S/C38H78O12/c1-4-5-6-7-8-9-10-11-12-13-14-15-39-16-17-40-18-19-41-20-21-42-22-23-43-24-25-44-26-27-45-28-29-46-30-31-47-32-33-48-34-35-49-36-37-50-38(2)3/h38H,4-37H2,1-3H3. The minimum absolute atomic E-state index is 0.233. The van der Waals surface area contributed by atoms with Gasteiger partial charge in [-0.1, -0.05) is 71.1 Å². The van der Waals surface area contributed by atoms with Crippen molar-refractivity contribution in [2.24, 2.45) is 0 Å². The van der Waals surface area contributed by atoms with E-state index >= 15 is 0 Å². The Hall–Kier alpha value is -0.480. The molecule has 0 heterocycles. The minimum Gasteiger partial charge on any atom is -0.379 e. The van der Waals surface area contributed by atoms with Crippen molar-refractivity contribution in [2.45, 2.75) is 97.5 Å². The van der Waals surface area contributed by atoms with E-state index < -0.39 is 0 Å². The van der Waals surface area contributed by atoms with E-state index in [1.165, 1.54) is 64.2 Å². The van der Waals surface area contributed by atoms with Gasteiger partial charge >= 0.3 is 0 Å². The molecule has 0 fully saturated rings. The average molecular weight is 727 g/mol. The van der Waals surface area contributed by atoms with Gasteiger partial charge in [0.2, 0.25) is 0 Å². The molecule has 0 radical (unpaired) electrons. The minimum atomic E-state index is 0.233. The van der Waals surface area contributed by atoms with Crippen molar-refractivity contribution in [1.82, 2.24) is 0 Å². The predicted octanol–water partition coefficient (Wildman–Crippen LogP) is 5.91. The van der Waals surface area contributed by atoms with Crippen LogP contribution in [0.15, 0.2) is 0 Å². The van der Waals surface area contributed by atoms with Crippen LogP contribution in [0.5, 0.6) is 0 Å². The molecule has 0 aromatic heterocycles. The molecule has 0 aromatic rings. The van der Waals surface area contributed by atoms with Crippen molar-refractivity contribution in [3.05, 3.63) is 0 Å². The Bertz CT molecular complexity index is 588. The first-order valence-electron chi connectivity index (χ1n) is 19.7. The summed E-state index contributed by atoms with van der Waals surface area (Å²) in [7, 11) is 0. The van der Waals surface area contributed by atoms with Crippen molar-refractivity contribution in [3.8, 4) is 0 Å². The lowest BCUT2D eigenvalue weighted by Crippen LogP contribution is -2.15.